The van der Waals surface area contributed by atoms with Crippen molar-refractivity contribution < 1.29 is 0 Å². The monoisotopic (exact) mass is 287 g/mol. The molecule has 2 heterocycles. The summed E-state index contributed by atoms with van der Waals surface area (Å²) in [5.74, 6) is 2.00. The Morgan fingerprint density at radius 2 is 2.24 bits per heavy atom. The highest BCUT2D eigenvalue weighted by molar-refractivity contribution is 7.98. The minimum absolute atomic E-state index is 0.324. The number of hydrogen-bond donors (Lipinski definition) is 0. The lowest BCUT2D eigenvalue weighted by atomic mass is 10.3. The molecular weight excluding hydrogens is 274 g/mol. The van der Waals surface area contributed by atoms with Crippen molar-refractivity contribution in [2.45, 2.75) is 6.92 Å². The molecule has 0 amide bonds. The first kappa shape index (κ1) is 12.9. The predicted molar refractivity (Wildman–Crippen MR) is 78.8 cm³/mol. The summed E-state index contributed by atoms with van der Waals surface area (Å²) in [6.07, 6.45) is 2.10. The molecule has 0 unspecified atom stereocenters. The summed E-state index contributed by atoms with van der Waals surface area (Å²) in [5, 5.41) is 1.42. The number of fused-ring (bicyclic) bond motifs is 1. The highest BCUT2D eigenvalue weighted by atomic mass is 35.5. The minimum Gasteiger partial charge on any atom is -0.358 e. The molecule has 0 spiro atoms. The number of aromatic nitrogens is 2. The van der Waals surface area contributed by atoms with Crippen LogP contribution in [0.2, 0.25) is 5.28 Å². The third-order valence-corrected chi connectivity index (χ3v) is 4.17. The molecule has 0 saturated heterocycles. The van der Waals surface area contributed by atoms with E-state index < -0.39 is 0 Å². The van der Waals surface area contributed by atoms with Crippen molar-refractivity contribution in [3.05, 3.63) is 16.2 Å². The van der Waals surface area contributed by atoms with Crippen LogP contribution in [0.5, 0.6) is 0 Å². The Balaban J connectivity index is 2.43. The van der Waals surface area contributed by atoms with Gasteiger partial charge in [-0.3, -0.25) is 0 Å². The van der Waals surface area contributed by atoms with Gasteiger partial charge in [0.15, 0.2) is 0 Å². The van der Waals surface area contributed by atoms with Crippen molar-refractivity contribution in [3.8, 4) is 0 Å². The fourth-order valence-electron chi connectivity index (χ4n) is 1.63. The highest BCUT2D eigenvalue weighted by Crippen LogP contribution is 2.31. The molecule has 17 heavy (non-hydrogen) atoms. The predicted octanol–water partition coefficient (Wildman–Crippen LogP) is 3.45. The van der Waals surface area contributed by atoms with Crippen LogP contribution in [-0.4, -0.2) is 35.6 Å². The lowest BCUT2D eigenvalue weighted by molar-refractivity contribution is 0.949. The van der Waals surface area contributed by atoms with Gasteiger partial charge >= 0.3 is 0 Å². The molecule has 0 fully saturated rings. The minimum atomic E-state index is 0.324. The number of thioether (sulfide) groups is 1. The number of anilines is 1. The van der Waals surface area contributed by atoms with Crippen LogP contribution < -0.4 is 4.90 Å². The Labute approximate surface area is 114 Å². The zero-order chi connectivity index (χ0) is 12.4. The van der Waals surface area contributed by atoms with E-state index in [-0.39, 0.29) is 0 Å². The van der Waals surface area contributed by atoms with Gasteiger partial charge in [0, 0.05) is 24.2 Å². The summed E-state index contributed by atoms with van der Waals surface area (Å²) in [4.78, 5) is 12.9. The number of aryl methyl sites for hydroxylation is 1. The number of halogens is 1. The molecule has 2 aromatic rings. The van der Waals surface area contributed by atoms with Crippen molar-refractivity contribution in [2.75, 3.05) is 30.5 Å². The molecular formula is C11H14ClN3S2. The first-order valence-corrected chi connectivity index (χ1v) is 7.84. The molecule has 0 aliphatic heterocycles. The Hall–Kier alpha value is -0.520. The molecule has 2 aromatic heterocycles. The molecule has 0 aliphatic rings. The van der Waals surface area contributed by atoms with Crippen LogP contribution in [0.4, 0.5) is 5.82 Å². The van der Waals surface area contributed by atoms with Gasteiger partial charge < -0.3 is 4.90 Å². The number of thiophene rings is 1. The van der Waals surface area contributed by atoms with Gasteiger partial charge in [-0.15, -0.1) is 11.3 Å². The van der Waals surface area contributed by atoms with Crippen molar-refractivity contribution >= 4 is 50.7 Å². The van der Waals surface area contributed by atoms with Crippen LogP contribution in [0.15, 0.2) is 6.07 Å². The molecule has 0 aliphatic carbocycles. The molecule has 0 aromatic carbocycles. The first-order chi connectivity index (χ1) is 8.11. The van der Waals surface area contributed by atoms with Crippen LogP contribution in [-0.2, 0) is 0 Å². The number of nitrogens with zero attached hydrogens (tertiary/aromatic N) is 3. The third kappa shape index (κ3) is 2.84. The second kappa shape index (κ2) is 5.42. The van der Waals surface area contributed by atoms with E-state index in [0.29, 0.717) is 5.28 Å². The van der Waals surface area contributed by atoms with Crippen molar-refractivity contribution in [1.29, 1.82) is 0 Å². The summed E-state index contributed by atoms with van der Waals surface area (Å²) >= 11 is 9.44. The van der Waals surface area contributed by atoms with Gasteiger partial charge in [-0.25, -0.2) is 4.98 Å². The van der Waals surface area contributed by atoms with E-state index in [2.05, 4.69) is 34.1 Å². The van der Waals surface area contributed by atoms with Crippen LogP contribution in [0.25, 0.3) is 10.2 Å². The van der Waals surface area contributed by atoms with E-state index in [1.165, 1.54) is 4.88 Å². The van der Waals surface area contributed by atoms with Gasteiger partial charge in [-0.2, -0.15) is 16.7 Å². The molecule has 0 radical (unpaired) electrons. The Bertz CT molecular complexity index is 527. The SMILES string of the molecule is CSCCN(C)c1nc(Cl)nc2sc(C)cc12. The van der Waals surface area contributed by atoms with E-state index in [1.807, 2.05) is 18.8 Å². The topological polar surface area (TPSA) is 29.0 Å². The lowest BCUT2D eigenvalue weighted by Gasteiger charge is -2.18. The smallest absolute Gasteiger partial charge is 0.225 e. The Morgan fingerprint density at radius 3 is 2.94 bits per heavy atom. The molecule has 3 nitrogen and oxygen atoms in total. The number of hydrogen-bond acceptors (Lipinski definition) is 5. The van der Waals surface area contributed by atoms with Gasteiger partial charge in [0.05, 0.1) is 5.39 Å². The maximum Gasteiger partial charge on any atom is 0.225 e. The van der Waals surface area contributed by atoms with E-state index in [0.717, 1.165) is 28.3 Å². The molecule has 0 N–H and O–H groups in total. The summed E-state index contributed by atoms with van der Waals surface area (Å²) in [5.41, 5.74) is 0. The zero-order valence-corrected chi connectivity index (χ0v) is 12.4. The molecule has 2 rings (SSSR count). The summed E-state index contributed by atoms with van der Waals surface area (Å²) in [6.45, 7) is 3.03. The first-order valence-electron chi connectivity index (χ1n) is 5.25. The fourth-order valence-corrected chi connectivity index (χ4v) is 3.17. The van der Waals surface area contributed by atoms with Gasteiger partial charge in [-0.05, 0) is 30.8 Å². The molecule has 0 atom stereocenters. The molecule has 0 bridgehead atoms. The zero-order valence-electron chi connectivity index (χ0n) is 10.0. The van der Waals surface area contributed by atoms with Crippen LogP contribution in [0.1, 0.15) is 4.88 Å². The maximum atomic E-state index is 5.96. The third-order valence-electron chi connectivity index (χ3n) is 2.46. The summed E-state index contributed by atoms with van der Waals surface area (Å²) in [6, 6.07) is 2.13. The molecule has 92 valence electrons. The van der Waals surface area contributed by atoms with E-state index >= 15 is 0 Å². The average Bonchev–Trinajstić information content (AvgIpc) is 2.64. The Morgan fingerprint density at radius 1 is 1.47 bits per heavy atom. The molecule has 0 saturated carbocycles. The van der Waals surface area contributed by atoms with Crippen molar-refractivity contribution in [1.82, 2.24) is 9.97 Å². The largest absolute Gasteiger partial charge is 0.358 e. The van der Waals surface area contributed by atoms with Gasteiger partial charge in [0.25, 0.3) is 0 Å². The van der Waals surface area contributed by atoms with Crippen LogP contribution in [0.3, 0.4) is 0 Å². The Kier molecular flexibility index (Phi) is 4.12. The van der Waals surface area contributed by atoms with Gasteiger partial charge in [0.2, 0.25) is 5.28 Å². The van der Waals surface area contributed by atoms with E-state index in [1.54, 1.807) is 11.3 Å². The molecule has 6 heteroatoms. The van der Waals surface area contributed by atoms with Crippen LogP contribution in [0, 0.1) is 6.92 Å². The highest BCUT2D eigenvalue weighted by Gasteiger charge is 2.12. The van der Waals surface area contributed by atoms with Crippen molar-refractivity contribution in [3.63, 3.8) is 0 Å². The lowest BCUT2D eigenvalue weighted by Crippen LogP contribution is -2.21. The van der Waals surface area contributed by atoms with Crippen molar-refractivity contribution in [2.24, 2.45) is 0 Å². The summed E-state index contributed by atoms with van der Waals surface area (Å²) in [7, 11) is 2.04. The fraction of sp³-hybridized carbons (Fsp3) is 0.455. The van der Waals surface area contributed by atoms with Gasteiger partial charge in [-0.1, -0.05) is 0 Å². The van der Waals surface area contributed by atoms with Crippen LogP contribution >= 0.6 is 34.7 Å². The second-order valence-electron chi connectivity index (χ2n) is 3.81. The maximum absolute atomic E-state index is 5.96. The van der Waals surface area contributed by atoms with E-state index in [9.17, 15) is 0 Å². The normalized spacial score (nSPS) is 11.1. The summed E-state index contributed by atoms with van der Waals surface area (Å²) < 4.78 is 0. The quantitative estimate of drug-likeness (QED) is 0.806. The van der Waals surface area contributed by atoms with E-state index in [4.69, 9.17) is 11.6 Å². The van der Waals surface area contributed by atoms with Gasteiger partial charge in [0.1, 0.15) is 10.6 Å². The average molecular weight is 288 g/mol. The standard InChI is InChI=1S/C11H14ClN3S2/c1-7-6-8-9(15(2)4-5-16-3)13-11(12)14-10(8)17-7/h6H,4-5H2,1-3H3. The second-order valence-corrected chi connectivity index (χ2v) is 6.36. The number of rotatable bonds is 4.